The molecule has 2 aliphatic rings. The fraction of sp³-hybridized carbons (Fsp3) is 0.375. The maximum Gasteiger partial charge on any atom is 0.307 e. The summed E-state index contributed by atoms with van der Waals surface area (Å²) in [7, 11) is 0. The number of fused-ring (bicyclic) bond motifs is 1. The molecule has 23 heavy (non-hydrogen) atoms. The number of carboxylic acids is 2. The molecule has 0 spiro atoms. The zero-order valence-electron chi connectivity index (χ0n) is 12.1. The third-order valence-electron chi connectivity index (χ3n) is 4.68. The van der Waals surface area contributed by atoms with Gasteiger partial charge < -0.3 is 10.2 Å². The number of imide groups is 1. The summed E-state index contributed by atoms with van der Waals surface area (Å²) in [5.41, 5.74) is 0.730. The molecule has 0 bridgehead atoms. The Hall–Kier alpha value is -2.70. The van der Waals surface area contributed by atoms with Crippen LogP contribution >= 0.6 is 0 Å². The van der Waals surface area contributed by atoms with Crippen molar-refractivity contribution in [2.24, 2.45) is 23.7 Å². The third kappa shape index (κ3) is 2.38. The first-order valence-electron chi connectivity index (χ1n) is 7.26. The van der Waals surface area contributed by atoms with Gasteiger partial charge in [0.25, 0.3) is 0 Å². The molecule has 1 heterocycles. The Balaban J connectivity index is 1.92. The van der Waals surface area contributed by atoms with Gasteiger partial charge in [-0.05, 0) is 12.0 Å². The van der Waals surface area contributed by atoms with E-state index in [0.29, 0.717) is 0 Å². The van der Waals surface area contributed by atoms with Crippen molar-refractivity contribution in [2.75, 3.05) is 0 Å². The standard InChI is InChI=1S/C16H15NO6/c18-13-11-9(15(20)21)6-10(16(22)23)12(11)14(19)17(13)7-8-4-2-1-3-5-8/h1-5,9-12H,6-7H2,(H,20,21)(H,22,23). The lowest BCUT2D eigenvalue weighted by atomic mass is 9.89. The number of carbonyl (C=O) groups is 4. The smallest absolute Gasteiger partial charge is 0.307 e. The molecule has 2 N–H and O–H groups in total. The monoisotopic (exact) mass is 317 g/mol. The summed E-state index contributed by atoms with van der Waals surface area (Å²) in [5, 5.41) is 18.5. The molecular formula is C16H15NO6. The Kier molecular flexibility index (Phi) is 3.63. The van der Waals surface area contributed by atoms with E-state index in [2.05, 4.69) is 0 Å². The average molecular weight is 317 g/mol. The summed E-state index contributed by atoms with van der Waals surface area (Å²) < 4.78 is 0. The SMILES string of the molecule is O=C(O)C1CC(C(=O)O)C2C(=O)N(Cc3ccccc3)C(=O)C12. The van der Waals surface area contributed by atoms with Crippen LogP contribution < -0.4 is 0 Å². The van der Waals surface area contributed by atoms with Gasteiger partial charge in [0, 0.05) is 0 Å². The normalized spacial score (nSPS) is 29.7. The quantitative estimate of drug-likeness (QED) is 0.786. The number of benzene rings is 1. The maximum atomic E-state index is 12.5. The molecule has 1 saturated heterocycles. The van der Waals surface area contributed by atoms with Crippen LogP contribution in [0.4, 0.5) is 0 Å². The number of aliphatic carboxylic acids is 2. The first kappa shape index (κ1) is 15.2. The van der Waals surface area contributed by atoms with Crippen LogP contribution in [-0.4, -0.2) is 38.9 Å². The van der Waals surface area contributed by atoms with E-state index in [-0.39, 0.29) is 13.0 Å². The molecule has 1 aliphatic heterocycles. The summed E-state index contributed by atoms with van der Waals surface area (Å²) in [5.74, 6) is -8.04. The summed E-state index contributed by atoms with van der Waals surface area (Å²) >= 11 is 0. The van der Waals surface area contributed by atoms with Crippen LogP contribution in [0.1, 0.15) is 12.0 Å². The highest BCUT2D eigenvalue weighted by Crippen LogP contribution is 2.48. The summed E-state index contributed by atoms with van der Waals surface area (Å²) in [6, 6.07) is 8.82. The number of carboxylic acid groups (broad SMARTS) is 2. The molecule has 1 aromatic rings. The number of nitrogens with zero attached hydrogens (tertiary/aromatic N) is 1. The molecule has 2 amide bonds. The lowest BCUT2D eigenvalue weighted by Crippen LogP contribution is -2.35. The summed E-state index contributed by atoms with van der Waals surface area (Å²) in [6.45, 7) is 0.0319. The topological polar surface area (TPSA) is 112 Å². The van der Waals surface area contributed by atoms with Gasteiger partial charge in [-0.3, -0.25) is 24.1 Å². The van der Waals surface area contributed by atoms with E-state index in [1.54, 1.807) is 30.3 Å². The number of carbonyl (C=O) groups excluding carboxylic acids is 2. The fourth-order valence-corrected chi connectivity index (χ4v) is 3.62. The predicted octanol–water partition coefficient (Wildman–Crippen LogP) is 0.593. The second-order valence-corrected chi connectivity index (χ2v) is 5.92. The number of hydrogen-bond donors (Lipinski definition) is 2. The molecule has 120 valence electrons. The first-order valence-corrected chi connectivity index (χ1v) is 7.26. The van der Waals surface area contributed by atoms with Crippen LogP contribution in [0.3, 0.4) is 0 Å². The molecule has 1 saturated carbocycles. The molecule has 7 heteroatoms. The first-order chi connectivity index (χ1) is 10.9. The molecule has 4 atom stereocenters. The molecule has 2 fully saturated rings. The minimum Gasteiger partial charge on any atom is -0.481 e. The van der Waals surface area contributed by atoms with Gasteiger partial charge in [-0.1, -0.05) is 30.3 Å². The van der Waals surface area contributed by atoms with Crippen LogP contribution in [-0.2, 0) is 25.7 Å². The zero-order valence-corrected chi connectivity index (χ0v) is 12.1. The Morgan fingerprint density at radius 2 is 1.43 bits per heavy atom. The molecular weight excluding hydrogens is 302 g/mol. The molecule has 3 rings (SSSR count). The predicted molar refractivity (Wildman–Crippen MR) is 75.8 cm³/mol. The van der Waals surface area contributed by atoms with Crippen LogP contribution in [0.5, 0.6) is 0 Å². The van der Waals surface area contributed by atoms with Crippen molar-refractivity contribution in [3.63, 3.8) is 0 Å². The Morgan fingerprint density at radius 3 is 1.87 bits per heavy atom. The van der Waals surface area contributed by atoms with Gasteiger partial charge in [0.2, 0.25) is 11.8 Å². The highest BCUT2D eigenvalue weighted by atomic mass is 16.4. The van der Waals surface area contributed by atoms with E-state index in [0.717, 1.165) is 10.5 Å². The van der Waals surface area contributed by atoms with E-state index < -0.39 is 47.4 Å². The van der Waals surface area contributed by atoms with Crippen molar-refractivity contribution in [3.05, 3.63) is 35.9 Å². The minimum atomic E-state index is -1.23. The van der Waals surface area contributed by atoms with Crippen molar-refractivity contribution in [1.29, 1.82) is 0 Å². The van der Waals surface area contributed by atoms with Gasteiger partial charge >= 0.3 is 11.9 Å². The molecule has 0 radical (unpaired) electrons. The third-order valence-corrected chi connectivity index (χ3v) is 4.68. The van der Waals surface area contributed by atoms with Gasteiger partial charge in [-0.15, -0.1) is 0 Å². The van der Waals surface area contributed by atoms with Crippen molar-refractivity contribution in [3.8, 4) is 0 Å². The van der Waals surface area contributed by atoms with E-state index in [9.17, 15) is 29.4 Å². The molecule has 1 aliphatic carbocycles. The van der Waals surface area contributed by atoms with Crippen LogP contribution in [0, 0.1) is 23.7 Å². The lowest BCUT2D eigenvalue weighted by Gasteiger charge is -2.18. The van der Waals surface area contributed by atoms with E-state index in [4.69, 9.17) is 0 Å². The molecule has 4 unspecified atom stereocenters. The highest BCUT2D eigenvalue weighted by molar-refractivity contribution is 6.08. The summed E-state index contributed by atoms with van der Waals surface area (Å²) in [4.78, 5) is 48.8. The summed E-state index contributed by atoms with van der Waals surface area (Å²) in [6.07, 6.45) is -0.184. The van der Waals surface area contributed by atoms with Crippen molar-refractivity contribution >= 4 is 23.8 Å². The lowest BCUT2D eigenvalue weighted by molar-refractivity contribution is -0.150. The average Bonchev–Trinajstić information content (AvgIpc) is 3.02. The van der Waals surface area contributed by atoms with Crippen molar-refractivity contribution in [1.82, 2.24) is 4.90 Å². The van der Waals surface area contributed by atoms with Gasteiger partial charge in [0.05, 0.1) is 30.2 Å². The number of amides is 2. The van der Waals surface area contributed by atoms with E-state index >= 15 is 0 Å². The van der Waals surface area contributed by atoms with Crippen molar-refractivity contribution in [2.45, 2.75) is 13.0 Å². The second-order valence-electron chi connectivity index (χ2n) is 5.92. The Morgan fingerprint density at radius 1 is 0.957 bits per heavy atom. The van der Waals surface area contributed by atoms with Gasteiger partial charge in [-0.2, -0.15) is 0 Å². The van der Waals surface area contributed by atoms with Gasteiger partial charge in [0.1, 0.15) is 0 Å². The minimum absolute atomic E-state index is 0.0319. The molecule has 1 aromatic carbocycles. The van der Waals surface area contributed by atoms with Crippen LogP contribution in [0.15, 0.2) is 30.3 Å². The second kappa shape index (κ2) is 5.49. The number of likely N-dealkylation sites (tertiary alicyclic amines) is 1. The van der Waals surface area contributed by atoms with E-state index in [1.807, 2.05) is 0 Å². The number of hydrogen-bond acceptors (Lipinski definition) is 4. The maximum absolute atomic E-state index is 12.5. The Labute approximate surface area is 131 Å². The van der Waals surface area contributed by atoms with Gasteiger partial charge in [-0.25, -0.2) is 0 Å². The van der Waals surface area contributed by atoms with Crippen LogP contribution in [0.2, 0.25) is 0 Å². The zero-order chi connectivity index (χ0) is 16.7. The Bertz CT molecular complexity index is 647. The molecule has 0 aromatic heterocycles. The largest absolute Gasteiger partial charge is 0.481 e. The van der Waals surface area contributed by atoms with Gasteiger partial charge in [0.15, 0.2) is 0 Å². The highest BCUT2D eigenvalue weighted by Gasteiger charge is 2.62. The van der Waals surface area contributed by atoms with Crippen molar-refractivity contribution < 1.29 is 29.4 Å². The molecule has 7 nitrogen and oxygen atoms in total. The number of rotatable bonds is 4. The van der Waals surface area contributed by atoms with E-state index in [1.165, 1.54) is 0 Å². The van der Waals surface area contributed by atoms with Crippen LogP contribution in [0.25, 0.3) is 0 Å². The fourth-order valence-electron chi connectivity index (χ4n) is 3.62.